The van der Waals surface area contributed by atoms with Gasteiger partial charge < -0.3 is 0 Å². The van der Waals surface area contributed by atoms with Gasteiger partial charge in [0.1, 0.15) is 6.04 Å². The molecule has 1 heterocycles. The molecule has 0 aromatic heterocycles. The largest absolute Gasteiger partial charge is 0.271 e. The number of hydrogen-bond donors (Lipinski definition) is 0. The molecule has 1 aliphatic heterocycles. The maximum atomic E-state index is 11.3. The number of amides is 1. The van der Waals surface area contributed by atoms with E-state index >= 15 is 0 Å². The molecule has 1 aromatic carbocycles. The molecule has 1 aromatic rings. The summed E-state index contributed by atoms with van der Waals surface area (Å²) in [6.45, 7) is 1.94. The van der Waals surface area contributed by atoms with Gasteiger partial charge in [0.15, 0.2) is 0 Å². The quantitative estimate of drug-likeness (QED) is 0.601. The Morgan fingerprint density at radius 2 is 2.00 bits per heavy atom. The summed E-state index contributed by atoms with van der Waals surface area (Å²) < 4.78 is 0. The third-order valence-electron chi connectivity index (χ3n) is 2.08. The van der Waals surface area contributed by atoms with Crippen LogP contribution >= 0.6 is 0 Å². The van der Waals surface area contributed by atoms with Crippen molar-refractivity contribution in [2.24, 2.45) is 9.98 Å². The number of nitrogens with zero attached hydrogens (tertiary/aromatic N) is 2. The van der Waals surface area contributed by atoms with Crippen molar-refractivity contribution < 1.29 is 4.79 Å². The third kappa shape index (κ3) is 1.37. The molecule has 3 nitrogen and oxygen atoms in total. The molecule has 0 saturated heterocycles. The molecule has 0 N–H and O–H groups in total. The molecular formula is C10H10N2O. The SMILES string of the molecule is CCC1N=c2ccccc2=NC1=O. The van der Waals surface area contributed by atoms with Gasteiger partial charge in [-0.1, -0.05) is 19.1 Å². The van der Waals surface area contributed by atoms with E-state index in [1.807, 2.05) is 31.2 Å². The van der Waals surface area contributed by atoms with Crippen molar-refractivity contribution >= 4 is 5.91 Å². The minimum absolute atomic E-state index is 0.124. The van der Waals surface area contributed by atoms with E-state index in [0.717, 1.165) is 11.8 Å². The zero-order valence-corrected chi connectivity index (χ0v) is 7.40. The minimum atomic E-state index is -0.269. The number of para-hydroxylation sites is 2. The van der Waals surface area contributed by atoms with Gasteiger partial charge in [-0.3, -0.25) is 9.79 Å². The van der Waals surface area contributed by atoms with Crippen LogP contribution in [0.4, 0.5) is 0 Å². The predicted molar refractivity (Wildman–Crippen MR) is 47.8 cm³/mol. The molecule has 1 amide bonds. The molecule has 0 fully saturated rings. The fourth-order valence-electron chi connectivity index (χ4n) is 1.35. The van der Waals surface area contributed by atoms with E-state index in [1.54, 1.807) is 0 Å². The molecule has 1 unspecified atom stereocenters. The monoisotopic (exact) mass is 174 g/mol. The highest BCUT2D eigenvalue weighted by atomic mass is 16.1. The third-order valence-corrected chi connectivity index (χ3v) is 2.08. The van der Waals surface area contributed by atoms with Crippen molar-refractivity contribution in [3.05, 3.63) is 35.0 Å². The topological polar surface area (TPSA) is 41.8 Å². The maximum absolute atomic E-state index is 11.3. The van der Waals surface area contributed by atoms with Crippen molar-refractivity contribution in [2.75, 3.05) is 0 Å². The summed E-state index contributed by atoms with van der Waals surface area (Å²) in [5.74, 6) is -0.124. The zero-order valence-electron chi connectivity index (χ0n) is 7.40. The van der Waals surface area contributed by atoms with E-state index in [-0.39, 0.29) is 11.9 Å². The highest BCUT2D eigenvalue weighted by Gasteiger charge is 2.16. The molecule has 0 radical (unpaired) electrons. The summed E-state index contributed by atoms with van der Waals surface area (Å²) in [6, 6.07) is 7.18. The summed E-state index contributed by atoms with van der Waals surface area (Å²) >= 11 is 0. The lowest BCUT2D eigenvalue weighted by molar-refractivity contribution is -0.119. The first-order valence-corrected chi connectivity index (χ1v) is 4.36. The first kappa shape index (κ1) is 8.10. The molecule has 3 heteroatoms. The number of benzene rings is 1. The van der Waals surface area contributed by atoms with E-state index in [1.165, 1.54) is 0 Å². The lowest BCUT2D eigenvalue weighted by Gasteiger charge is -2.07. The van der Waals surface area contributed by atoms with Crippen molar-refractivity contribution in [3.63, 3.8) is 0 Å². The van der Waals surface area contributed by atoms with E-state index in [9.17, 15) is 4.79 Å². The van der Waals surface area contributed by atoms with Gasteiger partial charge in [-0.15, -0.1) is 0 Å². The lowest BCUT2D eigenvalue weighted by Crippen LogP contribution is -2.36. The van der Waals surface area contributed by atoms with Gasteiger partial charge in [0.25, 0.3) is 5.91 Å². The molecule has 66 valence electrons. The number of carbonyl (C=O) groups is 1. The highest BCUT2D eigenvalue weighted by Crippen LogP contribution is 2.00. The van der Waals surface area contributed by atoms with Gasteiger partial charge in [-0.05, 0) is 18.6 Å². The summed E-state index contributed by atoms with van der Waals surface area (Å²) in [5.41, 5.74) is 0. The Kier molecular flexibility index (Phi) is 1.93. The lowest BCUT2D eigenvalue weighted by atomic mass is 10.2. The van der Waals surface area contributed by atoms with Gasteiger partial charge in [0.05, 0.1) is 10.7 Å². The van der Waals surface area contributed by atoms with Gasteiger partial charge in [0, 0.05) is 0 Å². The van der Waals surface area contributed by atoms with Crippen LogP contribution in [0.2, 0.25) is 0 Å². The minimum Gasteiger partial charge on any atom is -0.270 e. The molecule has 0 spiro atoms. The molecule has 0 saturated carbocycles. The van der Waals surface area contributed by atoms with Gasteiger partial charge in [0.2, 0.25) is 0 Å². The van der Waals surface area contributed by atoms with Crippen molar-refractivity contribution in [2.45, 2.75) is 19.4 Å². The van der Waals surface area contributed by atoms with Gasteiger partial charge in [-0.25, -0.2) is 4.99 Å². The van der Waals surface area contributed by atoms with Crippen LogP contribution < -0.4 is 10.7 Å². The van der Waals surface area contributed by atoms with E-state index < -0.39 is 0 Å². The normalized spacial score (nSPS) is 20.1. The average molecular weight is 174 g/mol. The van der Waals surface area contributed by atoms with Gasteiger partial charge in [-0.2, -0.15) is 0 Å². The second kappa shape index (κ2) is 3.09. The zero-order chi connectivity index (χ0) is 9.26. The fraction of sp³-hybridized carbons (Fsp3) is 0.300. The standard InChI is InChI=1S/C10H10N2O/c1-2-7-10(13)12-9-6-4-3-5-8(9)11-7/h3-7H,2H2,1H3. The van der Waals surface area contributed by atoms with Crippen LogP contribution in [0, 0.1) is 0 Å². The second-order valence-electron chi connectivity index (χ2n) is 2.99. The van der Waals surface area contributed by atoms with Crippen LogP contribution in [0.25, 0.3) is 0 Å². The van der Waals surface area contributed by atoms with Crippen LogP contribution in [0.3, 0.4) is 0 Å². The van der Waals surface area contributed by atoms with E-state index in [0.29, 0.717) is 5.36 Å². The number of rotatable bonds is 1. The van der Waals surface area contributed by atoms with Crippen LogP contribution in [0.1, 0.15) is 13.3 Å². The first-order chi connectivity index (χ1) is 6.31. The Hall–Kier alpha value is -1.51. The number of hydrogen-bond acceptors (Lipinski definition) is 2. The number of fused-ring (bicyclic) bond motifs is 1. The maximum Gasteiger partial charge on any atom is 0.271 e. The highest BCUT2D eigenvalue weighted by molar-refractivity contribution is 5.83. The Morgan fingerprint density at radius 1 is 1.31 bits per heavy atom. The van der Waals surface area contributed by atoms with E-state index in [2.05, 4.69) is 9.98 Å². The Balaban J connectivity index is 2.66. The molecule has 1 atom stereocenters. The van der Waals surface area contributed by atoms with Crippen LogP contribution in [-0.4, -0.2) is 11.9 Å². The summed E-state index contributed by atoms with van der Waals surface area (Å²) in [7, 11) is 0. The van der Waals surface area contributed by atoms with Crippen molar-refractivity contribution in [1.82, 2.24) is 0 Å². The average Bonchev–Trinajstić information content (AvgIpc) is 2.17. The molecular weight excluding hydrogens is 164 g/mol. The second-order valence-corrected chi connectivity index (χ2v) is 2.99. The molecule has 2 rings (SSSR count). The predicted octanol–water partition coefficient (Wildman–Crippen LogP) is 0.245. The molecule has 0 aliphatic carbocycles. The molecule has 0 bridgehead atoms. The van der Waals surface area contributed by atoms with E-state index in [4.69, 9.17) is 0 Å². The van der Waals surface area contributed by atoms with Crippen molar-refractivity contribution in [3.8, 4) is 0 Å². The van der Waals surface area contributed by atoms with Gasteiger partial charge >= 0.3 is 0 Å². The Labute approximate surface area is 75.8 Å². The summed E-state index contributed by atoms with van der Waals surface area (Å²) in [5, 5.41) is 1.52. The van der Waals surface area contributed by atoms with Crippen molar-refractivity contribution in [1.29, 1.82) is 0 Å². The molecule has 13 heavy (non-hydrogen) atoms. The summed E-state index contributed by atoms with van der Waals surface area (Å²) in [4.78, 5) is 19.6. The molecule has 1 aliphatic rings. The van der Waals surface area contributed by atoms with Crippen LogP contribution in [0.15, 0.2) is 34.3 Å². The summed E-state index contributed by atoms with van der Waals surface area (Å²) in [6.07, 6.45) is 0.719. The first-order valence-electron chi connectivity index (χ1n) is 4.36. The van der Waals surface area contributed by atoms with Crippen LogP contribution in [0.5, 0.6) is 0 Å². The Morgan fingerprint density at radius 3 is 2.69 bits per heavy atom. The smallest absolute Gasteiger partial charge is 0.270 e. The number of carbonyl (C=O) groups excluding carboxylic acids is 1. The Bertz CT molecular complexity index is 450. The fourth-order valence-corrected chi connectivity index (χ4v) is 1.35. The van der Waals surface area contributed by atoms with Crippen LogP contribution in [-0.2, 0) is 4.79 Å².